The fraction of sp³-hybridized carbons (Fsp3) is 0.128. The molecule has 4 N–H and O–H groups in total. The molecule has 6 aromatic rings. The number of carbonyl (C=O) groups excluding carboxylic acids is 2. The van der Waals surface area contributed by atoms with Gasteiger partial charge in [0.1, 0.15) is 17.7 Å². The molecule has 1 aliphatic rings. The number of aromatic amines is 1. The van der Waals surface area contributed by atoms with Crippen molar-refractivity contribution in [2.75, 3.05) is 17.2 Å². The van der Waals surface area contributed by atoms with E-state index in [0.29, 0.717) is 36.5 Å². The number of para-hydroxylation sites is 1. The van der Waals surface area contributed by atoms with Gasteiger partial charge in [0.2, 0.25) is 0 Å². The van der Waals surface area contributed by atoms with E-state index in [1.807, 2.05) is 115 Å². The monoisotopic (exact) mass is 634 g/mol. The van der Waals surface area contributed by atoms with Gasteiger partial charge in [-0.25, -0.2) is 9.97 Å². The number of aliphatic hydroxyl groups excluding tert-OH is 1. The van der Waals surface area contributed by atoms with E-state index in [9.17, 15) is 14.7 Å². The maximum Gasteiger partial charge on any atom is 0.255 e. The van der Waals surface area contributed by atoms with Gasteiger partial charge in [0.15, 0.2) is 0 Å². The van der Waals surface area contributed by atoms with Crippen LogP contribution in [-0.4, -0.2) is 43.4 Å². The van der Waals surface area contributed by atoms with Crippen LogP contribution in [0.3, 0.4) is 0 Å². The van der Waals surface area contributed by atoms with E-state index in [1.165, 1.54) is 0 Å². The summed E-state index contributed by atoms with van der Waals surface area (Å²) in [5.41, 5.74) is 6.98. The van der Waals surface area contributed by atoms with E-state index < -0.39 is 6.04 Å². The lowest BCUT2D eigenvalue weighted by molar-refractivity contribution is -0.120. The highest BCUT2D eigenvalue weighted by Crippen LogP contribution is 2.36. The van der Waals surface area contributed by atoms with Gasteiger partial charge in [0, 0.05) is 53.8 Å². The summed E-state index contributed by atoms with van der Waals surface area (Å²) in [7, 11) is 0. The van der Waals surface area contributed by atoms with Crippen molar-refractivity contribution < 1.29 is 14.7 Å². The average Bonchev–Trinajstić information content (AvgIpc) is 3.70. The van der Waals surface area contributed by atoms with Crippen molar-refractivity contribution in [1.29, 1.82) is 0 Å². The largest absolute Gasteiger partial charge is 0.396 e. The summed E-state index contributed by atoms with van der Waals surface area (Å²) in [6, 6.07) is 37.3. The number of H-pyrrole nitrogens is 1. The maximum absolute atomic E-state index is 13.9. The van der Waals surface area contributed by atoms with Crippen LogP contribution in [0.4, 0.5) is 17.2 Å². The molecular formula is C39H34N6O3. The van der Waals surface area contributed by atoms with Crippen molar-refractivity contribution in [1.82, 2.24) is 19.9 Å². The van der Waals surface area contributed by atoms with Gasteiger partial charge >= 0.3 is 0 Å². The summed E-state index contributed by atoms with van der Waals surface area (Å²) < 4.78 is 0. The van der Waals surface area contributed by atoms with E-state index in [1.54, 1.807) is 17.2 Å². The van der Waals surface area contributed by atoms with Crippen LogP contribution >= 0.6 is 0 Å². The van der Waals surface area contributed by atoms with Gasteiger partial charge in [0.25, 0.3) is 11.8 Å². The number of hydrogen-bond donors (Lipinski definition) is 4. The molecule has 7 rings (SSSR count). The number of nitrogens with zero attached hydrogens (tertiary/aromatic N) is 3. The topological polar surface area (TPSA) is 123 Å². The zero-order valence-corrected chi connectivity index (χ0v) is 26.1. The summed E-state index contributed by atoms with van der Waals surface area (Å²) in [6.45, 7) is 0.420. The van der Waals surface area contributed by atoms with Gasteiger partial charge in [-0.1, -0.05) is 78.9 Å². The zero-order valence-electron chi connectivity index (χ0n) is 26.1. The minimum atomic E-state index is -0.807. The van der Waals surface area contributed by atoms with Crippen LogP contribution < -0.4 is 10.6 Å². The van der Waals surface area contributed by atoms with Crippen molar-refractivity contribution in [3.05, 3.63) is 150 Å². The number of aliphatic hydroxyl groups is 1. The molecule has 0 saturated heterocycles. The second kappa shape index (κ2) is 13.7. The van der Waals surface area contributed by atoms with E-state index in [4.69, 9.17) is 4.98 Å². The Kier molecular flexibility index (Phi) is 8.76. The predicted octanol–water partition coefficient (Wildman–Crippen LogP) is 7.14. The molecule has 1 aliphatic heterocycles. The Balaban J connectivity index is 1.17. The van der Waals surface area contributed by atoms with Crippen molar-refractivity contribution in [2.24, 2.45) is 0 Å². The zero-order chi connectivity index (χ0) is 32.9. The highest BCUT2D eigenvalue weighted by molar-refractivity contribution is 6.04. The molecule has 0 bridgehead atoms. The third-order valence-corrected chi connectivity index (χ3v) is 8.39. The Bertz CT molecular complexity index is 2040. The molecule has 1 unspecified atom stereocenters. The number of rotatable bonds is 11. The van der Waals surface area contributed by atoms with E-state index in [2.05, 4.69) is 20.6 Å². The Morgan fingerprint density at radius 3 is 2.29 bits per heavy atom. The van der Waals surface area contributed by atoms with Crippen LogP contribution in [0.25, 0.3) is 22.5 Å². The molecule has 0 aliphatic carbocycles. The quantitative estimate of drug-likeness (QED) is 0.120. The van der Waals surface area contributed by atoms with Gasteiger partial charge in [-0.3, -0.25) is 9.59 Å². The van der Waals surface area contributed by atoms with Crippen molar-refractivity contribution in [3.8, 4) is 22.5 Å². The smallest absolute Gasteiger partial charge is 0.255 e. The number of imidazole rings is 1. The number of amides is 2. The van der Waals surface area contributed by atoms with Crippen LogP contribution in [0.2, 0.25) is 0 Å². The van der Waals surface area contributed by atoms with Crippen LogP contribution in [0.1, 0.15) is 39.8 Å². The lowest BCUT2D eigenvalue weighted by Gasteiger charge is -2.27. The van der Waals surface area contributed by atoms with Gasteiger partial charge in [-0.2, -0.15) is 0 Å². The molecule has 48 heavy (non-hydrogen) atoms. The minimum Gasteiger partial charge on any atom is -0.396 e. The number of benzene rings is 4. The Morgan fingerprint density at radius 2 is 1.54 bits per heavy atom. The number of hydrogen-bond acceptors (Lipinski definition) is 6. The third-order valence-electron chi connectivity index (χ3n) is 8.39. The Labute approximate surface area is 278 Å². The van der Waals surface area contributed by atoms with Crippen LogP contribution in [0.5, 0.6) is 0 Å². The minimum absolute atomic E-state index is 0.0621. The lowest BCUT2D eigenvalue weighted by atomic mass is 10.0. The summed E-state index contributed by atoms with van der Waals surface area (Å²) >= 11 is 0. The molecule has 3 heterocycles. The number of fused-ring (bicyclic) bond motifs is 1. The van der Waals surface area contributed by atoms with Crippen molar-refractivity contribution >= 4 is 29.0 Å². The molecule has 4 aromatic carbocycles. The van der Waals surface area contributed by atoms with Gasteiger partial charge in [-0.05, 0) is 60.0 Å². The highest BCUT2D eigenvalue weighted by atomic mass is 16.3. The maximum atomic E-state index is 13.9. The summed E-state index contributed by atoms with van der Waals surface area (Å²) in [5, 5.41) is 15.9. The first-order chi connectivity index (χ1) is 23.6. The molecule has 1 atom stereocenters. The molecule has 2 amide bonds. The number of aromatic nitrogens is 3. The standard InChI is InChI=1S/C39H34N6O3/c46-24-10-18-33-43-34(35(44-33)32-17-9-23-40-37(32)41-29-14-5-2-6-15-29)26-19-21-30(22-20-26)42-38(47)36(27-11-3-1-4-12-27)45-25-28-13-7-8-16-31(28)39(45)48/h1-9,11-17,19-23,36,46H,10,18,24-25H2,(H,40,41)(H,42,47)(H,43,44). The van der Waals surface area contributed by atoms with Gasteiger partial charge in [0.05, 0.1) is 11.4 Å². The molecule has 9 heteroatoms. The summed E-state index contributed by atoms with van der Waals surface area (Å²) in [6.07, 6.45) is 2.90. The second-order valence-corrected chi connectivity index (χ2v) is 11.6. The van der Waals surface area contributed by atoms with E-state index in [-0.39, 0.29) is 18.4 Å². The fourth-order valence-electron chi connectivity index (χ4n) is 6.07. The molecule has 2 aromatic heterocycles. The molecule has 0 saturated carbocycles. The summed E-state index contributed by atoms with van der Waals surface area (Å²) in [5.74, 6) is 0.970. The second-order valence-electron chi connectivity index (χ2n) is 11.6. The van der Waals surface area contributed by atoms with Crippen molar-refractivity contribution in [2.45, 2.75) is 25.4 Å². The van der Waals surface area contributed by atoms with Crippen LogP contribution in [-0.2, 0) is 17.8 Å². The summed E-state index contributed by atoms with van der Waals surface area (Å²) in [4.78, 5) is 42.0. The number of aryl methyl sites for hydroxylation is 1. The molecule has 0 fully saturated rings. The first kappa shape index (κ1) is 30.6. The third kappa shape index (κ3) is 6.31. The number of carbonyl (C=O) groups is 2. The first-order valence-electron chi connectivity index (χ1n) is 15.9. The number of nitrogens with one attached hydrogen (secondary N) is 3. The van der Waals surface area contributed by atoms with E-state index in [0.717, 1.165) is 45.2 Å². The Hall–Kier alpha value is -6.06. The SMILES string of the molecule is O=C(Nc1ccc(-c2nc(CCCO)[nH]c2-c2cccnc2Nc2ccccc2)cc1)C(c1ccccc1)N1Cc2ccccc2C1=O. The molecule has 238 valence electrons. The molecular weight excluding hydrogens is 600 g/mol. The van der Waals surface area contributed by atoms with Crippen LogP contribution in [0, 0.1) is 0 Å². The first-order valence-corrected chi connectivity index (χ1v) is 15.9. The highest BCUT2D eigenvalue weighted by Gasteiger charge is 2.37. The molecule has 0 radical (unpaired) electrons. The van der Waals surface area contributed by atoms with Gasteiger partial charge in [-0.15, -0.1) is 0 Å². The van der Waals surface area contributed by atoms with Crippen LogP contribution in [0.15, 0.2) is 128 Å². The normalized spacial score (nSPS) is 12.9. The number of pyridine rings is 1. The predicted molar refractivity (Wildman–Crippen MR) is 187 cm³/mol. The molecule has 9 nitrogen and oxygen atoms in total. The van der Waals surface area contributed by atoms with E-state index >= 15 is 0 Å². The number of anilines is 3. The Morgan fingerprint density at radius 1 is 0.833 bits per heavy atom. The average molecular weight is 635 g/mol. The lowest BCUT2D eigenvalue weighted by Crippen LogP contribution is -2.37. The van der Waals surface area contributed by atoms with Gasteiger partial charge < -0.3 is 25.6 Å². The molecule has 0 spiro atoms. The fourth-order valence-corrected chi connectivity index (χ4v) is 6.07. The van der Waals surface area contributed by atoms with Crippen molar-refractivity contribution in [3.63, 3.8) is 0 Å².